The second kappa shape index (κ2) is 9.33. The van der Waals surface area contributed by atoms with Gasteiger partial charge in [0.05, 0.1) is 16.4 Å². The molecular weight excluding hydrogens is 365 g/mol. The average Bonchev–Trinajstić information content (AvgIpc) is 3.01. The molecule has 0 spiro atoms. The van der Waals surface area contributed by atoms with E-state index in [-0.39, 0.29) is 35.6 Å². The zero-order valence-corrected chi connectivity index (χ0v) is 15.0. The van der Waals surface area contributed by atoms with Gasteiger partial charge >= 0.3 is 5.97 Å². The van der Waals surface area contributed by atoms with Crippen molar-refractivity contribution in [3.63, 3.8) is 0 Å². The molecule has 0 aliphatic rings. The van der Waals surface area contributed by atoms with Crippen molar-refractivity contribution in [1.82, 2.24) is 0 Å². The highest BCUT2D eigenvalue weighted by Crippen LogP contribution is 2.15. The van der Waals surface area contributed by atoms with Crippen molar-refractivity contribution < 1.29 is 23.5 Å². The lowest BCUT2D eigenvalue weighted by Crippen LogP contribution is -2.18. The summed E-state index contributed by atoms with van der Waals surface area (Å²) in [7, 11) is 0. The van der Waals surface area contributed by atoms with Crippen LogP contribution in [-0.2, 0) is 14.3 Å². The van der Waals surface area contributed by atoms with E-state index in [0.717, 1.165) is 16.6 Å². The number of esters is 1. The maximum Gasteiger partial charge on any atom is 0.316 e. The first-order valence-corrected chi connectivity index (χ1v) is 9.29. The topological polar surface area (TPSA) is 72.5 Å². The van der Waals surface area contributed by atoms with E-state index in [1.54, 1.807) is 6.07 Å². The molecule has 0 aliphatic carbocycles. The van der Waals surface area contributed by atoms with Gasteiger partial charge in [-0.25, -0.2) is 4.39 Å². The Bertz CT molecular complexity index is 758. The van der Waals surface area contributed by atoms with E-state index >= 15 is 0 Å². The number of carbonyl (C=O) groups excluding carboxylic acids is 3. The quantitative estimate of drug-likeness (QED) is 0.561. The third-order valence-corrected chi connectivity index (χ3v) is 4.91. The first-order valence-electron chi connectivity index (χ1n) is 7.32. The molecule has 0 atom stereocenters. The molecule has 5 nitrogen and oxygen atoms in total. The Balaban J connectivity index is 1.63. The van der Waals surface area contributed by atoms with Gasteiger partial charge in [0.1, 0.15) is 5.82 Å². The minimum absolute atomic E-state index is 0.0341. The smallest absolute Gasteiger partial charge is 0.316 e. The molecule has 0 bridgehead atoms. The molecule has 1 N–H and O–H groups in total. The Morgan fingerprint density at radius 2 is 1.84 bits per heavy atom. The number of amides is 1. The van der Waals surface area contributed by atoms with E-state index < -0.39 is 5.97 Å². The molecule has 8 heteroatoms. The Morgan fingerprint density at radius 3 is 2.48 bits per heavy atom. The van der Waals surface area contributed by atoms with Crippen molar-refractivity contribution in [3.8, 4) is 0 Å². The van der Waals surface area contributed by atoms with Crippen LogP contribution in [0.4, 0.5) is 10.1 Å². The molecule has 0 saturated heterocycles. The number of aryl methyl sites for hydroxylation is 1. The van der Waals surface area contributed by atoms with E-state index in [1.807, 2.05) is 13.0 Å². The average molecular weight is 381 g/mol. The summed E-state index contributed by atoms with van der Waals surface area (Å²) in [5.41, 5.74) is 0.478. The number of hydrogen-bond donors (Lipinski definition) is 1. The van der Waals surface area contributed by atoms with Gasteiger partial charge in [-0.1, -0.05) is 0 Å². The summed E-state index contributed by atoms with van der Waals surface area (Å²) in [6.45, 7) is 1.59. The fourth-order valence-electron chi connectivity index (χ4n) is 1.80. The summed E-state index contributed by atoms with van der Waals surface area (Å²) in [4.78, 5) is 36.7. The number of nitrogens with one attached hydrogen (secondary N) is 1. The van der Waals surface area contributed by atoms with Crippen LogP contribution in [0, 0.1) is 12.7 Å². The number of ether oxygens (including phenoxy) is 1. The fourth-order valence-corrected chi connectivity index (χ4v) is 3.20. The Hall–Kier alpha value is -2.19. The van der Waals surface area contributed by atoms with Crippen LogP contribution >= 0.6 is 23.1 Å². The normalized spacial score (nSPS) is 10.3. The largest absolute Gasteiger partial charge is 0.457 e. The van der Waals surface area contributed by atoms with Gasteiger partial charge in [-0.2, -0.15) is 0 Å². The summed E-state index contributed by atoms with van der Waals surface area (Å²) in [5.74, 6) is -1.48. The summed E-state index contributed by atoms with van der Waals surface area (Å²) in [6, 6.07) is 8.91. The van der Waals surface area contributed by atoms with Gasteiger partial charge in [-0.15, -0.1) is 23.1 Å². The van der Waals surface area contributed by atoms with Gasteiger partial charge in [0.15, 0.2) is 6.61 Å². The number of carbonyl (C=O) groups is 3. The van der Waals surface area contributed by atoms with Crippen LogP contribution in [-0.4, -0.2) is 35.8 Å². The van der Waals surface area contributed by atoms with Crippen LogP contribution in [0.5, 0.6) is 0 Å². The predicted molar refractivity (Wildman–Crippen MR) is 96.7 cm³/mol. The summed E-state index contributed by atoms with van der Waals surface area (Å²) in [5, 5.41) is 2.59. The highest BCUT2D eigenvalue weighted by Gasteiger charge is 2.12. The lowest BCUT2D eigenvalue weighted by molar-refractivity contribution is -0.139. The Kier molecular flexibility index (Phi) is 7.15. The molecule has 0 saturated carbocycles. The van der Waals surface area contributed by atoms with Gasteiger partial charge in [0.2, 0.25) is 11.7 Å². The number of halogens is 1. The number of anilines is 1. The van der Waals surface area contributed by atoms with Crippen LogP contribution in [0.25, 0.3) is 0 Å². The highest BCUT2D eigenvalue weighted by molar-refractivity contribution is 8.00. The van der Waals surface area contributed by atoms with Crippen molar-refractivity contribution in [2.75, 3.05) is 23.4 Å². The van der Waals surface area contributed by atoms with Crippen molar-refractivity contribution in [2.24, 2.45) is 0 Å². The van der Waals surface area contributed by atoms with Gasteiger partial charge in [0.25, 0.3) is 0 Å². The number of thioether (sulfide) groups is 1. The van der Waals surface area contributed by atoms with Gasteiger partial charge in [-0.05, 0) is 43.3 Å². The fraction of sp³-hybridized carbons (Fsp3) is 0.235. The molecule has 1 heterocycles. The first-order chi connectivity index (χ1) is 11.9. The number of benzene rings is 1. The first kappa shape index (κ1) is 19.1. The summed E-state index contributed by atoms with van der Waals surface area (Å²) in [6.07, 6.45) is 0. The number of hydrogen-bond acceptors (Lipinski definition) is 6. The summed E-state index contributed by atoms with van der Waals surface area (Å²) < 4.78 is 17.7. The van der Waals surface area contributed by atoms with E-state index in [9.17, 15) is 18.8 Å². The van der Waals surface area contributed by atoms with Gasteiger partial charge in [0, 0.05) is 10.6 Å². The van der Waals surface area contributed by atoms with E-state index in [0.29, 0.717) is 10.6 Å². The minimum atomic E-state index is -0.554. The van der Waals surface area contributed by atoms with Crippen molar-refractivity contribution in [2.45, 2.75) is 6.92 Å². The third kappa shape index (κ3) is 6.67. The zero-order chi connectivity index (χ0) is 18.2. The maximum absolute atomic E-state index is 12.8. The Morgan fingerprint density at radius 1 is 1.12 bits per heavy atom. The van der Waals surface area contributed by atoms with Gasteiger partial charge in [-0.3, -0.25) is 14.4 Å². The third-order valence-electron chi connectivity index (χ3n) is 2.96. The molecule has 132 valence electrons. The lowest BCUT2D eigenvalue weighted by Gasteiger charge is -2.05. The van der Waals surface area contributed by atoms with E-state index in [1.165, 1.54) is 35.6 Å². The zero-order valence-electron chi connectivity index (χ0n) is 13.4. The number of thiophene rings is 1. The molecule has 1 aromatic heterocycles. The van der Waals surface area contributed by atoms with Crippen molar-refractivity contribution in [1.29, 1.82) is 0 Å². The Labute approximate surface area is 152 Å². The van der Waals surface area contributed by atoms with Crippen LogP contribution in [0.2, 0.25) is 0 Å². The minimum Gasteiger partial charge on any atom is -0.457 e. The van der Waals surface area contributed by atoms with E-state index in [4.69, 9.17) is 4.74 Å². The maximum atomic E-state index is 12.8. The molecule has 0 unspecified atom stereocenters. The van der Waals surface area contributed by atoms with Crippen molar-refractivity contribution in [3.05, 3.63) is 52.0 Å². The standard InChI is InChI=1S/C17H16FNO4S2/c1-11-2-7-15(25-11)14(20)8-23-17(22)10-24-9-16(21)19-13-5-3-12(18)4-6-13/h2-7H,8-10H2,1H3,(H,19,21). The number of Topliss-reactive ketones (excluding diaryl/α,β-unsaturated/α-hetero) is 1. The van der Waals surface area contributed by atoms with Crippen LogP contribution in [0.1, 0.15) is 14.5 Å². The second-order valence-electron chi connectivity index (χ2n) is 5.04. The molecule has 2 rings (SSSR count). The highest BCUT2D eigenvalue weighted by atomic mass is 32.2. The molecule has 0 fully saturated rings. The molecule has 2 aromatic rings. The molecular formula is C17H16FNO4S2. The summed E-state index contributed by atoms with van der Waals surface area (Å²) >= 11 is 2.42. The lowest BCUT2D eigenvalue weighted by atomic mass is 10.3. The SMILES string of the molecule is Cc1ccc(C(=O)COC(=O)CSCC(=O)Nc2ccc(F)cc2)s1. The second-order valence-corrected chi connectivity index (χ2v) is 7.32. The molecule has 25 heavy (non-hydrogen) atoms. The molecule has 1 amide bonds. The van der Waals surface area contributed by atoms with Gasteiger partial charge < -0.3 is 10.1 Å². The van der Waals surface area contributed by atoms with Crippen LogP contribution < -0.4 is 5.32 Å². The molecule has 1 aromatic carbocycles. The predicted octanol–water partition coefficient (Wildman–Crippen LogP) is 3.29. The van der Waals surface area contributed by atoms with E-state index in [2.05, 4.69) is 5.32 Å². The van der Waals surface area contributed by atoms with Crippen LogP contribution in [0.15, 0.2) is 36.4 Å². The van der Waals surface area contributed by atoms with Crippen molar-refractivity contribution >= 4 is 46.4 Å². The monoisotopic (exact) mass is 381 g/mol. The number of rotatable bonds is 8. The van der Waals surface area contributed by atoms with Crippen LogP contribution in [0.3, 0.4) is 0 Å². The molecule has 0 aliphatic heterocycles. The molecule has 0 radical (unpaired) electrons. The number of ketones is 1.